The van der Waals surface area contributed by atoms with E-state index in [1.54, 1.807) is 0 Å². The SMILES string of the molecule is O=C1COc2cc(F)c([N+](=O)[O-])cc2N1. The molecule has 78 valence electrons. The quantitative estimate of drug-likeness (QED) is 0.557. The van der Waals surface area contributed by atoms with Crippen LogP contribution in [0.4, 0.5) is 15.8 Å². The van der Waals surface area contributed by atoms with Crippen molar-refractivity contribution in [3.63, 3.8) is 0 Å². The third-order valence-electron chi connectivity index (χ3n) is 1.88. The monoisotopic (exact) mass is 212 g/mol. The summed E-state index contributed by atoms with van der Waals surface area (Å²) in [6, 6.07) is 1.81. The highest BCUT2D eigenvalue weighted by Gasteiger charge is 2.23. The zero-order valence-electron chi connectivity index (χ0n) is 7.32. The predicted molar refractivity (Wildman–Crippen MR) is 47.2 cm³/mol. The van der Waals surface area contributed by atoms with Crippen molar-refractivity contribution in [2.24, 2.45) is 0 Å². The number of nitrogens with one attached hydrogen (secondary N) is 1. The van der Waals surface area contributed by atoms with Crippen molar-refractivity contribution in [1.29, 1.82) is 0 Å². The van der Waals surface area contributed by atoms with Gasteiger partial charge in [0.1, 0.15) is 5.75 Å². The van der Waals surface area contributed by atoms with Crippen LogP contribution in [0.15, 0.2) is 12.1 Å². The normalized spacial score (nSPS) is 13.8. The molecule has 0 fully saturated rings. The van der Waals surface area contributed by atoms with Crippen LogP contribution in [0.3, 0.4) is 0 Å². The van der Waals surface area contributed by atoms with Crippen molar-refractivity contribution in [1.82, 2.24) is 0 Å². The molecule has 0 radical (unpaired) electrons. The van der Waals surface area contributed by atoms with Crippen LogP contribution in [0.25, 0.3) is 0 Å². The Balaban J connectivity index is 2.51. The molecule has 0 atom stereocenters. The number of ether oxygens (including phenoxy) is 1. The first-order valence-electron chi connectivity index (χ1n) is 3.98. The van der Waals surface area contributed by atoms with Crippen molar-refractivity contribution in [2.45, 2.75) is 0 Å². The van der Waals surface area contributed by atoms with E-state index in [1.807, 2.05) is 0 Å². The van der Waals surface area contributed by atoms with Crippen molar-refractivity contribution in [2.75, 3.05) is 11.9 Å². The number of carbonyl (C=O) groups is 1. The van der Waals surface area contributed by atoms with Gasteiger partial charge in [0, 0.05) is 12.1 Å². The molecule has 1 N–H and O–H groups in total. The smallest absolute Gasteiger partial charge is 0.307 e. The topological polar surface area (TPSA) is 81.5 Å². The van der Waals surface area contributed by atoms with Crippen LogP contribution >= 0.6 is 0 Å². The number of halogens is 1. The molecule has 15 heavy (non-hydrogen) atoms. The number of hydrogen-bond donors (Lipinski definition) is 1. The zero-order chi connectivity index (χ0) is 11.0. The Hall–Kier alpha value is -2.18. The Labute approximate surface area is 82.8 Å². The molecule has 0 spiro atoms. The molecule has 1 aliphatic heterocycles. The molecular formula is C8H5FN2O4. The fraction of sp³-hybridized carbons (Fsp3) is 0.125. The van der Waals surface area contributed by atoms with Crippen LogP contribution in [0, 0.1) is 15.9 Å². The van der Waals surface area contributed by atoms with Crippen LogP contribution in [0.1, 0.15) is 0 Å². The molecule has 7 heteroatoms. The maximum atomic E-state index is 13.1. The lowest BCUT2D eigenvalue weighted by Gasteiger charge is -2.17. The highest BCUT2D eigenvalue weighted by atomic mass is 19.1. The average Bonchev–Trinajstić information content (AvgIpc) is 2.17. The summed E-state index contributed by atoms with van der Waals surface area (Å²) in [5, 5.41) is 12.7. The van der Waals surface area contributed by atoms with Gasteiger partial charge in [-0.25, -0.2) is 0 Å². The molecule has 0 saturated carbocycles. The average molecular weight is 212 g/mol. The van der Waals surface area contributed by atoms with Gasteiger partial charge in [0.05, 0.1) is 10.6 Å². The predicted octanol–water partition coefficient (Wildman–Crippen LogP) is 1.06. The molecule has 6 nitrogen and oxygen atoms in total. The molecule has 1 aliphatic rings. The van der Waals surface area contributed by atoms with Gasteiger partial charge in [-0.15, -0.1) is 0 Å². The number of hydrogen-bond acceptors (Lipinski definition) is 4. The van der Waals surface area contributed by atoms with Gasteiger partial charge < -0.3 is 10.1 Å². The second-order valence-electron chi connectivity index (χ2n) is 2.89. The van der Waals surface area contributed by atoms with E-state index >= 15 is 0 Å². The first-order valence-corrected chi connectivity index (χ1v) is 3.98. The Bertz CT molecular complexity index is 460. The van der Waals surface area contributed by atoms with E-state index in [9.17, 15) is 19.3 Å². The zero-order valence-corrected chi connectivity index (χ0v) is 7.32. The first kappa shape index (κ1) is 9.38. The summed E-state index contributed by atoms with van der Waals surface area (Å²) in [7, 11) is 0. The van der Waals surface area contributed by atoms with Gasteiger partial charge in [0.2, 0.25) is 5.82 Å². The number of rotatable bonds is 1. The second-order valence-corrected chi connectivity index (χ2v) is 2.89. The van der Waals surface area contributed by atoms with E-state index in [0.717, 1.165) is 12.1 Å². The van der Waals surface area contributed by atoms with Gasteiger partial charge in [0.15, 0.2) is 6.61 Å². The summed E-state index contributed by atoms with van der Waals surface area (Å²) in [5.74, 6) is -1.32. The number of nitrogens with zero attached hydrogens (tertiary/aromatic N) is 1. The Morgan fingerprint density at radius 2 is 2.27 bits per heavy atom. The minimum absolute atomic E-state index is 0.0951. The Kier molecular flexibility index (Phi) is 2.00. The summed E-state index contributed by atoms with van der Waals surface area (Å²) in [6.45, 7) is -0.218. The minimum atomic E-state index is -0.991. The Morgan fingerprint density at radius 3 is 2.93 bits per heavy atom. The number of benzene rings is 1. The highest BCUT2D eigenvalue weighted by Crippen LogP contribution is 2.33. The van der Waals surface area contributed by atoms with Crippen LogP contribution < -0.4 is 10.1 Å². The van der Waals surface area contributed by atoms with Crippen LogP contribution in [0.2, 0.25) is 0 Å². The van der Waals surface area contributed by atoms with E-state index in [-0.39, 0.29) is 18.0 Å². The van der Waals surface area contributed by atoms with Crippen molar-refractivity contribution in [3.8, 4) is 5.75 Å². The second kappa shape index (κ2) is 3.19. The number of anilines is 1. The highest BCUT2D eigenvalue weighted by molar-refractivity contribution is 5.95. The number of carbonyl (C=O) groups excluding carboxylic acids is 1. The maximum absolute atomic E-state index is 13.1. The molecule has 1 aromatic rings. The number of fused-ring (bicyclic) bond motifs is 1. The van der Waals surface area contributed by atoms with Crippen LogP contribution in [0.5, 0.6) is 5.75 Å². The van der Waals surface area contributed by atoms with Crippen molar-refractivity contribution < 1.29 is 18.8 Å². The molecule has 0 aliphatic carbocycles. The minimum Gasteiger partial charge on any atom is -0.481 e. The van der Waals surface area contributed by atoms with E-state index < -0.39 is 22.3 Å². The van der Waals surface area contributed by atoms with Crippen LogP contribution in [-0.4, -0.2) is 17.4 Å². The van der Waals surface area contributed by atoms with E-state index in [4.69, 9.17) is 4.74 Å². The van der Waals surface area contributed by atoms with Crippen LogP contribution in [-0.2, 0) is 4.79 Å². The molecule has 2 rings (SSSR count). The maximum Gasteiger partial charge on any atom is 0.307 e. The number of nitro groups is 1. The summed E-state index contributed by atoms with van der Waals surface area (Å²) in [6.07, 6.45) is 0. The summed E-state index contributed by atoms with van der Waals surface area (Å²) in [4.78, 5) is 20.4. The fourth-order valence-electron chi connectivity index (χ4n) is 1.23. The third-order valence-corrected chi connectivity index (χ3v) is 1.88. The number of nitro benzene ring substituents is 1. The van der Waals surface area contributed by atoms with Gasteiger partial charge in [-0.1, -0.05) is 0 Å². The molecule has 1 heterocycles. The Morgan fingerprint density at radius 1 is 1.53 bits per heavy atom. The number of amides is 1. The molecule has 0 bridgehead atoms. The van der Waals surface area contributed by atoms with Gasteiger partial charge >= 0.3 is 5.69 Å². The lowest BCUT2D eigenvalue weighted by atomic mass is 10.2. The third kappa shape index (κ3) is 1.58. The molecule has 0 aromatic heterocycles. The largest absolute Gasteiger partial charge is 0.481 e. The summed E-state index contributed by atoms with van der Waals surface area (Å²) in [5.41, 5.74) is -0.584. The standard InChI is InChI=1S/C8H5FN2O4/c9-4-1-7-5(2-6(4)11(13)14)10-8(12)3-15-7/h1-2H,3H2,(H,10,12). The first-order chi connectivity index (χ1) is 7.08. The lowest BCUT2D eigenvalue weighted by Crippen LogP contribution is -2.25. The molecular weight excluding hydrogens is 207 g/mol. The van der Waals surface area contributed by atoms with E-state index in [0.29, 0.717) is 0 Å². The van der Waals surface area contributed by atoms with Crippen molar-refractivity contribution >= 4 is 17.3 Å². The molecule has 0 saturated heterocycles. The lowest BCUT2D eigenvalue weighted by molar-refractivity contribution is -0.387. The summed E-state index contributed by atoms with van der Waals surface area (Å²) < 4.78 is 18.0. The van der Waals surface area contributed by atoms with E-state index in [2.05, 4.69) is 5.32 Å². The molecule has 1 amide bonds. The fourth-order valence-corrected chi connectivity index (χ4v) is 1.23. The van der Waals surface area contributed by atoms with Gasteiger partial charge in [-0.05, 0) is 0 Å². The molecule has 0 unspecified atom stereocenters. The van der Waals surface area contributed by atoms with Crippen molar-refractivity contribution in [3.05, 3.63) is 28.1 Å². The van der Waals surface area contributed by atoms with Gasteiger partial charge in [-0.3, -0.25) is 14.9 Å². The van der Waals surface area contributed by atoms with Gasteiger partial charge in [-0.2, -0.15) is 4.39 Å². The van der Waals surface area contributed by atoms with E-state index in [1.165, 1.54) is 0 Å². The van der Waals surface area contributed by atoms with Gasteiger partial charge in [0.25, 0.3) is 5.91 Å². The molecule has 1 aromatic carbocycles. The summed E-state index contributed by atoms with van der Waals surface area (Å²) >= 11 is 0.